The van der Waals surface area contributed by atoms with Gasteiger partial charge in [0.1, 0.15) is 5.69 Å². The Balaban J connectivity index is 1.52. The van der Waals surface area contributed by atoms with Crippen LogP contribution in [-0.2, 0) is 9.53 Å². The molecular weight excluding hydrogens is 270 g/mol. The van der Waals surface area contributed by atoms with E-state index in [-0.39, 0.29) is 24.3 Å². The summed E-state index contributed by atoms with van der Waals surface area (Å²) in [6, 6.07) is 0. The second-order valence-corrected chi connectivity index (χ2v) is 5.23. The van der Waals surface area contributed by atoms with Crippen LogP contribution in [0.4, 0.5) is 4.79 Å². The fourth-order valence-electron chi connectivity index (χ4n) is 2.15. The average molecular weight is 281 g/mol. The fraction of sp³-hybridized carbons (Fsp3) is 0.455. The van der Waals surface area contributed by atoms with E-state index in [0.717, 1.165) is 4.90 Å². The molecule has 2 fully saturated rings. The maximum absolute atomic E-state index is 11.9. The van der Waals surface area contributed by atoms with Crippen molar-refractivity contribution in [2.24, 2.45) is 5.92 Å². The van der Waals surface area contributed by atoms with Gasteiger partial charge in [0.2, 0.25) is 0 Å². The van der Waals surface area contributed by atoms with Gasteiger partial charge in [-0.05, 0) is 0 Å². The lowest BCUT2D eigenvalue weighted by Gasteiger charge is -2.39. The Hall–Kier alpha value is -1.96. The highest BCUT2D eigenvalue weighted by atomic mass is 32.1. The number of hydrogen-bond acceptors (Lipinski definition) is 6. The average Bonchev–Trinajstić information content (AvgIpc) is 2.96. The van der Waals surface area contributed by atoms with Crippen molar-refractivity contribution in [2.75, 3.05) is 26.2 Å². The minimum absolute atomic E-state index is 0.104. The van der Waals surface area contributed by atoms with E-state index in [1.807, 2.05) is 0 Å². The maximum Gasteiger partial charge on any atom is 0.417 e. The summed E-state index contributed by atoms with van der Waals surface area (Å²) < 4.78 is 4.63. The number of nitrogens with zero attached hydrogens (tertiary/aromatic N) is 3. The van der Waals surface area contributed by atoms with Crippen molar-refractivity contribution < 1.29 is 19.1 Å². The molecule has 0 aliphatic carbocycles. The van der Waals surface area contributed by atoms with Gasteiger partial charge in [0.05, 0.1) is 5.51 Å². The molecule has 2 saturated heterocycles. The first-order chi connectivity index (χ1) is 9.15. The van der Waals surface area contributed by atoms with E-state index in [1.165, 1.54) is 11.3 Å². The molecule has 2 aliphatic rings. The number of rotatable bonds is 3. The highest BCUT2D eigenvalue weighted by Gasteiger charge is 2.38. The predicted octanol–water partition coefficient (Wildman–Crippen LogP) is 0.194. The molecular formula is C11H11N3O4S. The lowest BCUT2D eigenvalue weighted by atomic mass is 9.99. The number of hydrogen-bond donors (Lipinski definition) is 0. The summed E-state index contributed by atoms with van der Waals surface area (Å²) in [4.78, 5) is 41.2. The maximum atomic E-state index is 11.9. The number of carbonyl (C=O) groups is 3. The minimum atomic E-state index is -0.589. The van der Waals surface area contributed by atoms with Crippen molar-refractivity contribution in [3.63, 3.8) is 0 Å². The van der Waals surface area contributed by atoms with Crippen LogP contribution < -0.4 is 0 Å². The third kappa shape index (κ3) is 2.19. The Morgan fingerprint density at radius 3 is 2.84 bits per heavy atom. The number of imide groups is 1. The lowest BCUT2D eigenvalue weighted by molar-refractivity contribution is -0.126. The zero-order chi connectivity index (χ0) is 13.4. The van der Waals surface area contributed by atoms with Gasteiger partial charge in [0.15, 0.2) is 6.61 Å². The van der Waals surface area contributed by atoms with Crippen molar-refractivity contribution >= 4 is 29.2 Å². The first kappa shape index (κ1) is 12.1. The summed E-state index contributed by atoms with van der Waals surface area (Å²) in [5.41, 5.74) is 2.06. The molecule has 0 radical (unpaired) electrons. The summed E-state index contributed by atoms with van der Waals surface area (Å²) in [5, 5.41) is 1.71. The first-order valence-corrected chi connectivity index (χ1v) is 6.74. The molecule has 7 nitrogen and oxygen atoms in total. The van der Waals surface area contributed by atoms with E-state index < -0.39 is 6.09 Å². The van der Waals surface area contributed by atoms with E-state index in [2.05, 4.69) is 9.72 Å². The molecule has 0 spiro atoms. The number of thiazole rings is 1. The molecule has 0 atom stereocenters. The summed E-state index contributed by atoms with van der Waals surface area (Å²) in [6.07, 6.45) is -0.589. The molecule has 0 saturated carbocycles. The Labute approximate surface area is 112 Å². The van der Waals surface area contributed by atoms with Crippen molar-refractivity contribution in [1.29, 1.82) is 0 Å². The smallest absolute Gasteiger partial charge is 0.417 e. The number of likely N-dealkylation sites (tertiary alicyclic amines) is 1. The van der Waals surface area contributed by atoms with Gasteiger partial charge in [0.25, 0.3) is 11.8 Å². The van der Waals surface area contributed by atoms with Crippen LogP contribution in [-0.4, -0.2) is 58.9 Å². The Bertz CT molecular complexity index is 508. The Morgan fingerprint density at radius 1 is 1.47 bits per heavy atom. The molecule has 1 aromatic rings. The van der Waals surface area contributed by atoms with Gasteiger partial charge in [-0.2, -0.15) is 0 Å². The SMILES string of the molecule is O=C(c1cscn1)N1CC(CN2C(=O)COC2=O)C1. The molecule has 3 heterocycles. The van der Waals surface area contributed by atoms with Crippen molar-refractivity contribution in [2.45, 2.75) is 0 Å². The molecule has 2 aliphatic heterocycles. The zero-order valence-electron chi connectivity index (χ0n) is 9.94. The zero-order valence-corrected chi connectivity index (χ0v) is 10.8. The largest absolute Gasteiger partial charge is 0.439 e. The molecule has 8 heteroatoms. The van der Waals surface area contributed by atoms with E-state index in [4.69, 9.17) is 0 Å². The minimum Gasteiger partial charge on any atom is -0.439 e. The molecule has 0 unspecified atom stereocenters. The second kappa shape index (κ2) is 4.61. The molecule has 0 bridgehead atoms. The quantitative estimate of drug-likeness (QED) is 0.790. The van der Waals surface area contributed by atoms with Crippen molar-refractivity contribution in [1.82, 2.24) is 14.8 Å². The number of aromatic nitrogens is 1. The highest BCUT2D eigenvalue weighted by Crippen LogP contribution is 2.21. The Kier molecular flexibility index (Phi) is 2.94. The molecule has 0 aromatic carbocycles. The predicted molar refractivity (Wildman–Crippen MR) is 64.6 cm³/mol. The molecule has 0 N–H and O–H groups in total. The van der Waals surface area contributed by atoms with Gasteiger partial charge in [0, 0.05) is 30.9 Å². The third-order valence-electron chi connectivity index (χ3n) is 3.18. The van der Waals surface area contributed by atoms with Crippen LogP contribution in [0.5, 0.6) is 0 Å². The van der Waals surface area contributed by atoms with E-state index in [1.54, 1.807) is 15.8 Å². The topological polar surface area (TPSA) is 79.8 Å². The van der Waals surface area contributed by atoms with Crippen LogP contribution in [0.3, 0.4) is 0 Å². The number of amides is 3. The van der Waals surface area contributed by atoms with E-state index >= 15 is 0 Å². The molecule has 3 amide bonds. The van der Waals surface area contributed by atoms with Gasteiger partial charge >= 0.3 is 6.09 Å². The van der Waals surface area contributed by atoms with Crippen LogP contribution >= 0.6 is 11.3 Å². The highest BCUT2D eigenvalue weighted by molar-refractivity contribution is 7.07. The normalized spacial score (nSPS) is 19.6. The molecule has 100 valence electrons. The van der Waals surface area contributed by atoms with Crippen molar-refractivity contribution in [3.8, 4) is 0 Å². The monoisotopic (exact) mass is 281 g/mol. The molecule has 1 aromatic heterocycles. The van der Waals surface area contributed by atoms with Gasteiger partial charge < -0.3 is 9.64 Å². The second-order valence-electron chi connectivity index (χ2n) is 4.51. The molecule has 19 heavy (non-hydrogen) atoms. The fourth-order valence-corrected chi connectivity index (χ4v) is 2.67. The van der Waals surface area contributed by atoms with Crippen LogP contribution in [0, 0.1) is 5.92 Å². The summed E-state index contributed by atoms with van der Waals surface area (Å²) in [5.74, 6) is -0.292. The van der Waals surface area contributed by atoms with Crippen LogP contribution in [0.15, 0.2) is 10.9 Å². The van der Waals surface area contributed by atoms with Crippen LogP contribution in [0.1, 0.15) is 10.5 Å². The number of cyclic esters (lactones) is 1. The Morgan fingerprint density at radius 2 is 2.26 bits per heavy atom. The van der Waals surface area contributed by atoms with Crippen molar-refractivity contribution in [3.05, 3.63) is 16.6 Å². The van der Waals surface area contributed by atoms with Crippen LogP contribution in [0.25, 0.3) is 0 Å². The van der Waals surface area contributed by atoms with Crippen LogP contribution in [0.2, 0.25) is 0 Å². The first-order valence-electron chi connectivity index (χ1n) is 5.79. The summed E-state index contributed by atoms with van der Waals surface area (Å²) in [6.45, 7) is 1.21. The van der Waals surface area contributed by atoms with Gasteiger partial charge in [-0.25, -0.2) is 14.7 Å². The molecule has 3 rings (SSSR count). The number of ether oxygens (including phenoxy) is 1. The van der Waals surface area contributed by atoms with Gasteiger partial charge in [-0.15, -0.1) is 11.3 Å². The number of carbonyl (C=O) groups excluding carboxylic acids is 3. The van der Waals surface area contributed by atoms with E-state index in [9.17, 15) is 14.4 Å². The van der Waals surface area contributed by atoms with Gasteiger partial charge in [-0.3, -0.25) is 9.59 Å². The summed E-state index contributed by atoms with van der Waals surface area (Å²) >= 11 is 1.37. The third-order valence-corrected chi connectivity index (χ3v) is 3.76. The standard InChI is InChI=1S/C11H11N3O4S/c15-9-4-18-11(17)14(9)3-7-1-13(2-7)10(16)8-5-19-6-12-8/h5-7H,1-4H2. The lowest BCUT2D eigenvalue weighted by Crippen LogP contribution is -2.54. The van der Waals surface area contributed by atoms with Gasteiger partial charge in [-0.1, -0.05) is 0 Å². The summed E-state index contributed by atoms with van der Waals surface area (Å²) in [7, 11) is 0. The van der Waals surface area contributed by atoms with E-state index in [0.29, 0.717) is 25.3 Å².